The Balaban J connectivity index is 1.59. The van der Waals surface area contributed by atoms with E-state index in [1.54, 1.807) is 7.11 Å². The average Bonchev–Trinajstić information content (AvgIpc) is 3.50. The van der Waals surface area contributed by atoms with Crippen LogP contribution in [0.3, 0.4) is 0 Å². The molecule has 2 aromatic rings. The Hall–Kier alpha value is -2.53. The molecule has 0 bridgehead atoms. The Morgan fingerprint density at radius 1 is 1.21 bits per heavy atom. The summed E-state index contributed by atoms with van der Waals surface area (Å²) < 4.78 is 5.55. The van der Waals surface area contributed by atoms with Gasteiger partial charge in [-0.3, -0.25) is 4.79 Å². The number of anilines is 1. The van der Waals surface area contributed by atoms with Crippen molar-refractivity contribution in [3.05, 3.63) is 48.0 Å². The first kappa shape index (κ1) is 17.6. The molecule has 5 heteroatoms. The predicted octanol–water partition coefficient (Wildman–Crippen LogP) is 3.45. The van der Waals surface area contributed by atoms with Crippen LogP contribution in [0.1, 0.15) is 30.9 Å². The van der Waals surface area contributed by atoms with E-state index in [-0.39, 0.29) is 30.5 Å². The van der Waals surface area contributed by atoms with Crippen molar-refractivity contribution in [3.8, 4) is 16.9 Å². The van der Waals surface area contributed by atoms with E-state index >= 15 is 0 Å². The van der Waals surface area contributed by atoms with Crippen molar-refractivity contribution in [1.82, 2.24) is 4.90 Å². The number of fused-ring (bicyclic) bond motifs is 3. The summed E-state index contributed by atoms with van der Waals surface area (Å²) in [5.41, 5.74) is 4.32. The first-order chi connectivity index (χ1) is 13.7. The van der Waals surface area contributed by atoms with Crippen molar-refractivity contribution in [1.29, 1.82) is 0 Å². The summed E-state index contributed by atoms with van der Waals surface area (Å²) in [4.78, 5) is 15.0. The summed E-state index contributed by atoms with van der Waals surface area (Å²) in [6, 6.07) is 14.4. The maximum atomic E-state index is 12.9. The van der Waals surface area contributed by atoms with Crippen LogP contribution in [0.25, 0.3) is 11.1 Å². The van der Waals surface area contributed by atoms with E-state index in [9.17, 15) is 9.90 Å². The number of para-hydroxylation sites is 1. The fraction of sp³-hybridized carbons (Fsp3) is 0.435. The number of aliphatic hydroxyl groups excluding tert-OH is 1. The number of hydrogen-bond donors (Lipinski definition) is 2. The van der Waals surface area contributed by atoms with Crippen molar-refractivity contribution >= 4 is 11.6 Å². The van der Waals surface area contributed by atoms with Crippen LogP contribution in [0.5, 0.6) is 5.75 Å². The first-order valence-corrected chi connectivity index (χ1v) is 10.2. The molecule has 0 spiro atoms. The Morgan fingerprint density at radius 2 is 2.04 bits per heavy atom. The number of ether oxygens (including phenoxy) is 1. The van der Waals surface area contributed by atoms with Gasteiger partial charge in [0.2, 0.25) is 5.91 Å². The van der Waals surface area contributed by atoms with Gasteiger partial charge in [-0.1, -0.05) is 24.3 Å². The lowest BCUT2D eigenvalue weighted by Crippen LogP contribution is -2.43. The zero-order chi connectivity index (χ0) is 19.3. The molecule has 1 saturated carbocycles. The molecule has 2 N–H and O–H groups in total. The van der Waals surface area contributed by atoms with Gasteiger partial charge in [0.25, 0.3) is 0 Å². The van der Waals surface area contributed by atoms with E-state index in [2.05, 4.69) is 34.5 Å². The Labute approximate surface area is 165 Å². The molecule has 1 saturated heterocycles. The molecular formula is C23H26N2O3. The largest absolute Gasteiger partial charge is 0.496 e. The summed E-state index contributed by atoms with van der Waals surface area (Å²) in [5.74, 6) is 1.59. The van der Waals surface area contributed by atoms with Gasteiger partial charge in [-0.15, -0.1) is 0 Å². The summed E-state index contributed by atoms with van der Waals surface area (Å²) in [7, 11) is 1.69. The molecule has 28 heavy (non-hydrogen) atoms. The number of nitrogens with one attached hydrogen (secondary N) is 1. The van der Waals surface area contributed by atoms with Crippen molar-refractivity contribution < 1.29 is 14.6 Å². The molecule has 0 unspecified atom stereocenters. The molecule has 3 aliphatic rings. The number of benzene rings is 2. The van der Waals surface area contributed by atoms with Crippen LogP contribution >= 0.6 is 0 Å². The van der Waals surface area contributed by atoms with Gasteiger partial charge >= 0.3 is 0 Å². The minimum atomic E-state index is -0.00776. The van der Waals surface area contributed by atoms with E-state index in [1.807, 2.05) is 18.2 Å². The molecule has 146 valence electrons. The number of nitrogens with zero attached hydrogens (tertiary/aromatic N) is 1. The minimum absolute atomic E-state index is 0.00776. The third-order valence-electron chi connectivity index (χ3n) is 6.50. The normalized spacial score (nSPS) is 25.6. The maximum absolute atomic E-state index is 12.9. The second-order valence-electron chi connectivity index (χ2n) is 8.14. The van der Waals surface area contributed by atoms with Crippen molar-refractivity contribution in [2.24, 2.45) is 11.8 Å². The van der Waals surface area contributed by atoms with E-state index in [0.717, 1.165) is 53.9 Å². The van der Waals surface area contributed by atoms with Gasteiger partial charge < -0.3 is 20.1 Å². The van der Waals surface area contributed by atoms with E-state index in [4.69, 9.17) is 4.74 Å². The highest BCUT2D eigenvalue weighted by atomic mass is 16.5. The fourth-order valence-corrected chi connectivity index (χ4v) is 4.93. The van der Waals surface area contributed by atoms with Crippen LogP contribution in [0, 0.1) is 11.8 Å². The molecular weight excluding hydrogens is 352 g/mol. The van der Waals surface area contributed by atoms with Crippen LogP contribution in [-0.4, -0.2) is 42.2 Å². The van der Waals surface area contributed by atoms with E-state index < -0.39 is 0 Å². The highest BCUT2D eigenvalue weighted by Crippen LogP contribution is 2.49. The SMILES string of the molecule is COc1ccccc1-c1ccc2c(c1)[C@@H]1[C@@H](CCN1C(=O)C1CC1)[C@@H](CO)N2. The van der Waals surface area contributed by atoms with E-state index in [0.29, 0.717) is 5.91 Å². The number of amides is 1. The van der Waals surface area contributed by atoms with Crippen molar-refractivity contribution in [3.63, 3.8) is 0 Å². The molecule has 1 aliphatic carbocycles. The highest BCUT2D eigenvalue weighted by Gasteiger charge is 2.48. The third-order valence-corrected chi connectivity index (χ3v) is 6.50. The monoisotopic (exact) mass is 378 g/mol. The van der Waals surface area contributed by atoms with Crippen molar-refractivity contribution in [2.45, 2.75) is 31.3 Å². The predicted molar refractivity (Wildman–Crippen MR) is 108 cm³/mol. The Bertz CT molecular complexity index is 908. The lowest BCUT2D eigenvalue weighted by atomic mass is 9.82. The second-order valence-corrected chi connectivity index (χ2v) is 8.14. The maximum Gasteiger partial charge on any atom is 0.226 e. The standard InChI is InChI=1S/C23H26N2O3/c1-28-21-5-3-2-4-16(21)15-8-9-19-18(12-15)22-17(20(13-26)24-19)10-11-25(22)23(27)14-6-7-14/h2-5,8-9,12,14,17,20,22,24,26H,6-7,10-11,13H2,1H3/t17-,20+,22-/m0/s1. The fourth-order valence-electron chi connectivity index (χ4n) is 4.93. The average molecular weight is 378 g/mol. The number of likely N-dealkylation sites (tertiary alicyclic amines) is 1. The molecule has 2 heterocycles. The number of hydrogen-bond acceptors (Lipinski definition) is 4. The van der Waals surface area contributed by atoms with Gasteiger partial charge in [0, 0.05) is 29.6 Å². The summed E-state index contributed by atoms with van der Waals surface area (Å²) >= 11 is 0. The quantitative estimate of drug-likeness (QED) is 0.856. The molecule has 2 aromatic carbocycles. The summed E-state index contributed by atoms with van der Waals surface area (Å²) in [6.45, 7) is 0.863. The molecule has 2 aliphatic heterocycles. The Morgan fingerprint density at radius 3 is 2.79 bits per heavy atom. The minimum Gasteiger partial charge on any atom is -0.496 e. The highest BCUT2D eigenvalue weighted by molar-refractivity contribution is 5.83. The smallest absolute Gasteiger partial charge is 0.226 e. The summed E-state index contributed by atoms with van der Waals surface area (Å²) in [5, 5.41) is 13.4. The number of carbonyl (C=O) groups is 1. The van der Waals surface area contributed by atoms with E-state index in [1.165, 1.54) is 0 Å². The van der Waals surface area contributed by atoms with Gasteiger partial charge in [0.1, 0.15) is 5.75 Å². The lowest BCUT2D eigenvalue weighted by Gasteiger charge is -2.39. The summed E-state index contributed by atoms with van der Waals surface area (Å²) in [6.07, 6.45) is 2.96. The van der Waals surface area contributed by atoms with Crippen LogP contribution in [0.2, 0.25) is 0 Å². The first-order valence-electron chi connectivity index (χ1n) is 10.2. The van der Waals surface area contributed by atoms with Gasteiger partial charge in [0.05, 0.1) is 25.8 Å². The topological polar surface area (TPSA) is 61.8 Å². The van der Waals surface area contributed by atoms with Gasteiger partial charge in [-0.05, 0) is 48.6 Å². The van der Waals surface area contributed by atoms with Crippen LogP contribution < -0.4 is 10.1 Å². The van der Waals surface area contributed by atoms with Crippen molar-refractivity contribution in [2.75, 3.05) is 25.6 Å². The number of carbonyl (C=O) groups excluding carboxylic acids is 1. The van der Waals surface area contributed by atoms with Crippen LogP contribution in [0.4, 0.5) is 5.69 Å². The van der Waals surface area contributed by atoms with Crippen LogP contribution in [0.15, 0.2) is 42.5 Å². The van der Waals surface area contributed by atoms with Gasteiger partial charge in [0.15, 0.2) is 0 Å². The number of rotatable bonds is 4. The second kappa shape index (κ2) is 6.82. The third kappa shape index (κ3) is 2.76. The molecule has 5 nitrogen and oxygen atoms in total. The molecule has 5 rings (SSSR count). The number of methoxy groups -OCH3 is 1. The van der Waals surface area contributed by atoms with Crippen LogP contribution in [-0.2, 0) is 4.79 Å². The zero-order valence-corrected chi connectivity index (χ0v) is 16.1. The molecule has 0 radical (unpaired) electrons. The van der Waals surface area contributed by atoms with Gasteiger partial charge in [-0.2, -0.15) is 0 Å². The lowest BCUT2D eigenvalue weighted by molar-refractivity contribution is -0.134. The van der Waals surface area contributed by atoms with Gasteiger partial charge in [-0.25, -0.2) is 0 Å². The molecule has 1 amide bonds. The molecule has 2 fully saturated rings. The Kier molecular flexibility index (Phi) is 4.27. The number of aliphatic hydroxyl groups is 1. The molecule has 3 atom stereocenters. The molecule has 0 aromatic heterocycles. The zero-order valence-electron chi connectivity index (χ0n) is 16.1.